The second-order valence-electron chi connectivity index (χ2n) is 9.62. The Kier molecular flexibility index (Phi) is 15.2. The zero-order chi connectivity index (χ0) is 33.2. The van der Waals surface area contributed by atoms with Crippen LogP contribution in [0.3, 0.4) is 0 Å². The van der Waals surface area contributed by atoms with Crippen LogP contribution < -0.4 is 20.9 Å². The first kappa shape index (κ1) is 35.9. The summed E-state index contributed by atoms with van der Waals surface area (Å²) in [5.41, 5.74) is 14.2. The predicted molar refractivity (Wildman–Crippen MR) is 171 cm³/mol. The summed E-state index contributed by atoms with van der Waals surface area (Å²) in [4.78, 5) is 45.3. The first-order valence-electron chi connectivity index (χ1n) is 14.3. The number of hydrogen-bond donors (Lipinski definition) is 4. The van der Waals surface area contributed by atoms with E-state index in [1.54, 1.807) is 24.3 Å². The molecule has 0 aliphatic rings. The molecule has 0 saturated heterocycles. The smallest absolute Gasteiger partial charge is 0.343 e. The number of carbonyl (C=O) groups excluding carboxylic acids is 2. The largest absolute Gasteiger partial charge is 0.478 e. The van der Waals surface area contributed by atoms with Gasteiger partial charge < -0.3 is 31.2 Å². The molecule has 0 amide bonds. The second-order valence-corrected chi connectivity index (χ2v) is 9.62. The van der Waals surface area contributed by atoms with Gasteiger partial charge in [0, 0.05) is 0 Å². The maximum atomic E-state index is 11.9. The van der Waals surface area contributed by atoms with Gasteiger partial charge >= 0.3 is 23.9 Å². The summed E-state index contributed by atoms with van der Waals surface area (Å²) in [5, 5.41) is 17.6. The number of esters is 2. The number of aromatic carboxylic acids is 2. The van der Waals surface area contributed by atoms with Crippen LogP contribution in [0.5, 0.6) is 11.5 Å². The molecule has 10 heteroatoms. The summed E-state index contributed by atoms with van der Waals surface area (Å²) in [6.45, 7) is 5.36. The zero-order valence-corrected chi connectivity index (χ0v) is 25.3. The van der Waals surface area contributed by atoms with Crippen molar-refractivity contribution in [1.29, 1.82) is 0 Å². The van der Waals surface area contributed by atoms with Crippen molar-refractivity contribution in [1.82, 2.24) is 0 Å². The number of carboxylic acids is 2. The van der Waals surface area contributed by atoms with E-state index in [9.17, 15) is 19.2 Å². The normalized spacial score (nSPS) is 9.87. The number of nitrogens with two attached hydrogens (primary N) is 2. The van der Waals surface area contributed by atoms with Crippen molar-refractivity contribution in [3.8, 4) is 11.5 Å². The van der Waals surface area contributed by atoms with E-state index in [2.05, 4.69) is 13.8 Å². The Morgan fingerprint density at radius 3 is 1.02 bits per heavy atom. The lowest BCUT2D eigenvalue weighted by molar-refractivity contribution is 0.0685. The van der Waals surface area contributed by atoms with Crippen molar-refractivity contribution < 1.29 is 38.9 Å². The lowest BCUT2D eigenvalue weighted by Crippen LogP contribution is -2.09. The fourth-order valence-corrected chi connectivity index (χ4v) is 3.61. The minimum atomic E-state index is -1.02. The first-order chi connectivity index (χ1) is 21.6. The van der Waals surface area contributed by atoms with Gasteiger partial charge in [-0.2, -0.15) is 0 Å². The molecule has 0 unspecified atom stereocenters. The molecular formula is C35H38N2O8. The lowest BCUT2D eigenvalue weighted by atomic mass is 10.1. The van der Waals surface area contributed by atoms with E-state index in [4.69, 9.17) is 31.2 Å². The van der Waals surface area contributed by atoms with Crippen molar-refractivity contribution >= 4 is 23.9 Å². The molecule has 4 rings (SSSR count). The van der Waals surface area contributed by atoms with E-state index in [0.717, 1.165) is 24.0 Å². The van der Waals surface area contributed by atoms with E-state index in [0.29, 0.717) is 35.7 Å². The molecule has 10 nitrogen and oxygen atoms in total. The van der Waals surface area contributed by atoms with Crippen molar-refractivity contribution in [2.24, 2.45) is 11.5 Å². The van der Waals surface area contributed by atoms with Gasteiger partial charge in [0.05, 0.1) is 22.3 Å². The van der Waals surface area contributed by atoms with Gasteiger partial charge in [-0.1, -0.05) is 44.5 Å². The predicted octanol–water partition coefficient (Wildman–Crippen LogP) is 5.63. The second kappa shape index (κ2) is 19.1. The number of rotatable bonds is 10. The Balaban J connectivity index is 0.000000288. The van der Waals surface area contributed by atoms with E-state index < -0.39 is 23.9 Å². The molecular weight excluding hydrogens is 576 g/mol. The molecule has 0 aliphatic heterocycles. The molecule has 0 aromatic heterocycles. The molecule has 236 valence electrons. The lowest BCUT2D eigenvalue weighted by Gasteiger charge is -2.05. The van der Waals surface area contributed by atoms with Gasteiger partial charge in [0.2, 0.25) is 0 Å². The van der Waals surface area contributed by atoms with Gasteiger partial charge in [-0.15, -0.1) is 0 Å². The third kappa shape index (κ3) is 12.4. The van der Waals surface area contributed by atoms with E-state index >= 15 is 0 Å². The molecule has 0 heterocycles. The van der Waals surface area contributed by atoms with Gasteiger partial charge in [0.25, 0.3) is 0 Å². The van der Waals surface area contributed by atoms with Gasteiger partial charge in [0.1, 0.15) is 11.5 Å². The van der Waals surface area contributed by atoms with Crippen LogP contribution in [0.15, 0.2) is 97.1 Å². The molecule has 0 bridgehead atoms. The highest BCUT2D eigenvalue weighted by Crippen LogP contribution is 2.16. The summed E-state index contributed by atoms with van der Waals surface area (Å²) < 4.78 is 10.4. The van der Waals surface area contributed by atoms with Crippen molar-refractivity contribution in [2.45, 2.75) is 33.1 Å². The first-order valence-corrected chi connectivity index (χ1v) is 14.3. The quantitative estimate of drug-likeness (QED) is 0.129. The van der Waals surface area contributed by atoms with Crippen LogP contribution in [0.4, 0.5) is 0 Å². The molecule has 45 heavy (non-hydrogen) atoms. The highest BCUT2D eigenvalue weighted by atomic mass is 16.5. The maximum Gasteiger partial charge on any atom is 0.343 e. The van der Waals surface area contributed by atoms with E-state index in [-0.39, 0.29) is 11.1 Å². The van der Waals surface area contributed by atoms with E-state index in [1.165, 1.54) is 55.0 Å². The minimum absolute atomic E-state index is 0.140. The Morgan fingerprint density at radius 1 is 0.511 bits per heavy atom. The molecule has 0 saturated carbocycles. The average molecular weight is 615 g/mol. The third-order valence-corrected chi connectivity index (χ3v) is 5.87. The molecule has 0 spiro atoms. The highest BCUT2D eigenvalue weighted by molar-refractivity contribution is 5.92. The van der Waals surface area contributed by atoms with Crippen LogP contribution in [0, 0.1) is 0 Å². The Labute approximate surface area is 262 Å². The zero-order valence-electron chi connectivity index (χ0n) is 25.3. The monoisotopic (exact) mass is 614 g/mol. The Morgan fingerprint density at radius 2 is 0.778 bits per heavy atom. The fourth-order valence-electron chi connectivity index (χ4n) is 3.61. The molecule has 0 atom stereocenters. The maximum absolute atomic E-state index is 11.9. The number of carbonyl (C=O) groups is 4. The summed E-state index contributed by atoms with van der Waals surface area (Å²) in [6.07, 6.45) is 2.76. The topological polar surface area (TPSA) is 179 Å². The number of ether oxygens (including phenoxy) is 2. The van der Waals surface area contributed by atoms with Crippen LogP contribution in [0.25, 0.3) is 0 Å². The summed E-state index contributed by atoms with van der Waals surface area (Å²) in [7, 11) is 0. The molecule has 4 aromatic carbocycles. The highest BCUT2D eigenvalue weighted by Gasteiger charge is 2.11. The van der Waals surface area contributed by atoms with Crippen molar-refractivity contribution in [2.75, 3.05) is 13.1 Å². The van der Waals surface area contributed by atoms with Crippen LogP contribution in [0.1, 0.15) is 72.8 Å². The number of carboxylic acid groups (broad SMARTS) is 2. The number of hydrogen-bond acceptors (Lipinski definition) is 8. The molecule has 0 fully saturated rings. The molecule has 0 aliphatic carbocycles. The van der Waals surface area contributed by atoms with Crippen molar-refractivity contribution in [3.05, 3.63) is 130 Å². The summed E-state index contributed by atoms with van der Waals surface area (Å²) >= 11 is 0. The molecule has 4 aromatic rings. The van der Waals surface area contributed by atoms with Crippen LogP contribution >= 0.6 is 0 Å². The van der Waals surface area contributed by atoms with Crippen LogP contribution in [0.2, 0.25) is 0 Å². The summed E-state index contributed by atoms with van der Waals surface area (Å²) in [6, 6.07) is 25.4. The Bertz CT molecular complexity index is 1400. The molecule has 0 radical (unpaired) electrons. The van der Waals surface area contributed by atoms with Crippen molar-refractivity contribution in [3.63, 3.8) is 0 Å². The average Bonchev–Trinajstić information content (AvgIpc) is 3.03. The Hall–Kier alpha value is -5.32. The SMILES string of the molecule is CCC.NCCc1ccc(C(=O)Oc2ccc(C(=O)O)cc2)cc1.NCCc1ccc(C(=O)Oc2ccc(C(=O)O)cc2)cc1. The van der Waals surface area contributed by atoms with Gasteiger partial charge in [-0.3, -0.25) is 0 Å². The third-order valence-electron chi connectivity index (χ3n) is 5.87. The van der Waals surface area contributed by atoms with Gasteiger partial charge in [-0.25, -0.2) is 19.2 Å². The van der Waals surface area contributed by atoms with Crippen LogP contribution in [-0.2, 0) is 12.8 Å². The van der Waals surface area contributed by atoms with E-state index in [1.807, 2.05) is 24.3 Å². The summed E-state index contributed by atoms with van der Waals surface area (Å²) in [5.74, 6) is -2.42. The van der Waals surface area contributed by atoms with Crippen LogP contribution in [-0.4, -0.2) is 47.2 Å². The minimum Gasteiger partial charge on any atom is -0.478 e. The fraction of sp³-hybridized carbons (Fsp3) is 0.200. The standard InChI is InChI=1S/2C16H15NO4.C3H8/c2*17-10-9-11-1-3-13(4-2-11)16(20)21-14-7-5-12(6-8-14)15(18)19;1-3-2/h2*1-8H,9-10,17H2,(H,18,19);3H2,1-2H3. The van der Waals surface area contributed by atoms with Gasteiger partial charge in [0.15, 0.2) is 0 Å². The van der Waals surface area contributed by atoms with Gasteiger partial charge in [-0.05, 0) is 110 Å². The molecule has 6 N–H and O–H groups in total. The number of benzene rings is 4.